The number of amides is 1. The van der Waals surface area contributed by atoms with Gasteiger partial charge in [0, 0.05) is 4.75 Å². The summed E-state index contributed by atoms with van der Waals surface area (Å²) < 4.78 is -0.504. The van der Waals surface area contributed by atoms with Crippen LogP contribution in [0.1, 0.15) is 26.3 Å². The number of hydrogen-bond donors (Lipinski definition) is 1. The van der Waals surface area contributed by atoms with E-state index in [1.54, 1.807) is 0 Å². The van der Waals surface area contributed by atoms with Crippen molar-refractivity contribution in [1.82, 2.24) is 4.90 Å². The highest BCUT2D eigenvalue weighted by molar-refractivity contribution is 8.01. The van der Waals surface area contributed by atoms with Crippen LogP contribution in [0.3, 0.4) is 0 Å². The van der Waals surface area contributed by atoms with Gasteiger partial charge in [0.05, 0.1) is 5.57 Å². The predicted molar refractivity (Wildman–Crippen MR) is 86.3 cm³/mol. The summed E-state index contributed by atoms with van der Waals surface area (Å²) in [5.74, 6) is -1.16. The minimum atomic E-state index is -0.948. The Morgan fingerprint density at radius 1 is 1.32 bits per heavy atom. The molecule has 1 amide bonds. The van der Waals surface area contributed by atoms with Gasteiger partial charge in [-0.3, -0.25) is 4.79 Å². The van der Waals surface area contributed by atoms with Gasteiger partial charge in [0.15, 0.2) is 0 Å². The Morgan fingerprint density at radius 2 is 1.95 bits per heavy atom. The van der Waals surface area contributed by atoms with Gasteiger partial charge in [-0.15, -0.1) is 17.5 Å². The quantitative estimate of drug-likeness (QED) is 0.518. The number of carboxylic acids is 1. The molecule has 1 aromatic carbocycles. The van der Waals surface area contributed by atoms with Crippen molar-refractivity contribution in [2.45, 2.75) is 36.9 Å². The maximum absolute atomic E-state index is 12.3. The van der Waals surface area contributed by atoms with E-state index in [4.69, 9.17) is 0 Å². The first-order chi connectivity index (χ1) is 10.3. The minimum absolute atomic E-state index is 0.206. The van der Waals surface area contributed by atoms with Crippen molar-refractivity contribution in [1.29, 1.82) is 0 Å². The second-order valence-electron chi connectivity index (χ2n) is 6.06. The number of nitrogens with zero attached hydrogens (tertiary/aromatic N) is 1. The number of carbonyl (C=O) groups is 2. The van der Waals surface area contributed by atoms with Crippen molar-refractivity contribution in [2.24, 2.45) is 0 Å². The molecular weight excluding hydrogens is 298 g/mol. The second-order valence-corrected chi connectivity index (χ2v) is 7.79. The number of hydrogen-bond acceptors (Lipinski definition) is 3. The lowest BCUT2D eigenvalue weighted by molar-refractivity contribution is -0.152. The lowest BCUT2D eigenvalue weighted by Gasteiger charge is -2.37. The first kappa shape index (κ1) is 14.9. The third-order valence-electron chi connectivity index (χ3n) is 4.08. The molecule has 0 unspecified atom stereocenters. The normalized spacial score (nSPS) is 25.3. The molecule has 1 aromatic rings. The average Bonchev–Trinajstić information content (AvgIpc) is 2.74. The van der Waals surface area contributed by atoms with Gasteiger partial charge in [-0.25, -0.2) is 4.79 Å². The van der Waals surface area contributed by atoms with E-state index in [2.05, 4.69) is 5.73 Å². The third kappa shape index (κ3) is 2.18. The van der Waals surface area contributed by atoms with Crippen molar-refractivity contribution in [3.63, 3.8) is 0 Å². The van der Waals surface area contributed by atoms with Crippen LogP contribution < -0.4 is 0 Å². The Balaban J connectivity index is 1.99. The monoisotopic (exact) mass is 315 g/mol. The Labute approximate surface area is 133 Å². The fourth-order valence-corrected chi connectivity index (χ4v) is 4.50. The molecular formula is C17H17NO3S. The predicted octanol–water partition coefficient (Wildman–Crippen LogP) is 2.76. The molecule has 0 spiro atoms. The number of aliphatic carboxylic acids is 1. The molecule has 1 N–H and O–H groups in total. The van der Waals surface area contributed by atoms with Gasteiger partial charge in [-0.05, 0) is 31.9 Å². The summed E-state index contributed by atoms with van der Waals surface area (Å²) in [5, 5.41) is 9.19. The molecule has 2 fully saturated rings. The zero-order valence-electron chi connectivity index (χ0n) is 12.7. The number of carboxylic acid groups (broad SMARTS) is 1. The molecule has 5 heteroatoms. The van der Waals surface area contributed by atoms with E-state index in [1.165, 1.54) is 16.7 Å². The number of benzene rings is 1. The minimum Gasteiger partial charge on any atom is -0.480 e. The molecule has 2 heterocycles. The lowest BCUT2D eigenvalue weighted by Crippen LogP contribution is -2.58. The van der Waals surface area contributed by atoms with Crippen molar-refractivity contribution in [2.75, 3.05) is 0 Å². The molecule has 0 radical (unpaired) electrons. The van der Waals surface area contributed by atoms with E-state index >= 15 is 0 Å². The molecule has 22 heavy (non-hydrogen) atoms. The van der Waals surface area contributed by atoms with Crippen LogP contribution in [-0.2, 0) is 9.59 Å². The second kappa shape index (κ2) is 5.04. The highest BCUT2D eigenvalue weighted by atomic mass is 32.2. The van der Waals surface area contributed by atoms with Crippen LogP contribution >= 0.6 is 11.8 Å². The van der Waals surface area contributed by atoms with E-state index in [9.17, 15) is 14.7 Å². The topological polar surface area (TPSA) is 57.6 Å². The van der Waals surface area contributed by atoms with E-state index < -0.39 is 16.8 Å². The standard InChI is InChI=1S/C17H17NO3S/c1-10(11-7-5-4-6-8-11)9-12-14(19)18-13(16(20)21)17(2,3)22-15(12)18/h4-8,13,15H,1-3H3,(H,20,21)/t9?,13-,15+/m0/s1. The van der Waals surface area contributed by atoms with Crippen LogP contribution in [0.2, 0.25) is 0 Å². The molecule has 2 saturated heterocycles. The zero-order valence-corrected chi connectivity index (χ0v) is 13.5. The van der Waals surface area contributed by atoms with Gasteiger partial charge in [0.2, 0.25) is 0 Å². The summed E-state index contributed by atoms with van der Waals surface area (Å²) in [6, 6.07) is 8.97. The Hall–Kier alpha value is -1.97. The van der Waals surface area contributed by atoms with E-state index in [1.807, 2.05) is 51.1 Å². The Kier molecular flexibility index (Phi) is 3.42. The Bertz CT molecular complexity index is 717. The first-order valence-corrected chi connectivity index (χ1v) is 7.97. The molecule has 0 bridgehead atoms. The van der Waals surface area contributed by atoms with Gasteiger partial charge >= 0.3 is 5.97 Å². The summed E-state index contributed by atoms with van der Waals surface area (Å²) in [4.78, 5) is 25.3. The number of thioether (sulfide) groups is 1. The molecule has 2 aliphatic rings. The summed E-state index contributed by atoms with van der Waals surface area (Å²) in [7, 11) is 0. The summed E-state index contributed by atoms with van der Waals surface area (Å²) in [5.41, 5.74) is 5.65. The molecule has 0 aliphatic carbocycles. The smallest absolute Gasteiger partial charge is 0.327 e. The van der Waals surface area contributed by atoms with Crippen molar-refractivity contribution < 1.29 is 14.7 Å². The summed E-state index contributed by atoms with van der Waals surface area (Å²) in [6.45, 7) is 5.65. The van der Waals surface area contributed by atoms with Gasteiger partial charge in [-0.2, -0.15) is 0 Å². The van der Waals surface area contributed by atoms with Gasteiger partial charge in [0.1, 0.15) is 11.4 Å². The average molecular weight is 315 g/mol. The molecule has 0 aromatic heterocycles. The Morgan fingerprint density at radius 3 is 2.55 bits per heavy atom. The maximum Gasteiger partial charge on any atom is 0.327 e. The van der Waals surface area contributed by atoms with E-state index in [0.717, 1.165) is 11.1 Å². The lowest BCUT2D eigenvalue weighted by atomic mass is 9.95. The highest BCUT2D eigenvalue weighted by Crippen LogP contribution is 2.52. The largest absolute Gasteiger partial charge is 0.480 e. The van der Waals surface area contributed by atoms with Crippen LogP contribution in [0.25, 0.3) is 5.57 Å². The van der Waals surface area contributed by atoms with Crippen molar-refractivity contribution >= 4 is 29.2 Å². The fourth-order valence-electron chi connectivity index (χ4n) is 2.97. The van der Waals surface area contributed by atoms with E-state index in [0.29, 0.717) is 5.57 Å². The van der Waals surface area contributed by atoms with Crippen LogP contribution in [0.4, 0.5) is 0 Å². The van der Waals surface area contributed by atoms with Gasteiger partial charge in [0.25, 0.3) is 5.91 Å². The molecule has 4 nitrogen and oxygen atoms in total. The molecule has 0 saturated carbocycles. The zero-order chi connectivity index (χ0) is 16.1. The molecule has 114 valence electrons. The molecule has 2 atom stereocenters. The number of β-lactam (4-membered cyclic amide) rings is 1. The van der Waals surface area contributed by atoms with Crippen LogP contribution in [0.5, 0.6) is 0 Å². The van der Waals surface area contributed by atoms with Crippen LogP contribution in [-0.4, -0.2) is 38.0 Å². The number of fused-ring (bicyclic) bond motifs is 1. The first-order valence-electron chi connectivity index (χ1n) is 7.09. The van der Waals surface area contributed by atoms with E-state index in [-0.39, 0.29) is 11.3 Å². The van der Waals surface area contributed by atoms with Gasteiger partial charge in [-0.1, -0.05) is 30.3 Å². The fraction of sp³-hybridized carbons (Fsp3) is 0.353. The SMILES string of the molecule is CC(=C=C1C(=O)N2[C@@H]1SC(C)(C)[C@@H]2C(=O)O)c1ccccc1. The van der Waals surface area contributed by atoms with Crippen molar-refractivity contribution in [3.8, 4) is 0 Å². The molecule has 2 aliphatic heterocycles. The van der Waals surface area contributed by atoms with Gasteiger partial charge < -0.3 is 10.0 Å². The third-order valence-corrected chi connectivity index (χ3v) is 5.60. The van der Waals surface area contributed by atoms with Crippen molar-refractivity contribution in [3.05, 3.63) is 47.2 Å². The summed E-state index contributed by atoms with van der Waals surface area (Å²) >= 11 is 1.51. The number of rotatable bonds is 2. The maximum atomic E-state index is 12.3. The highest BCUT2D eigenvalue weighted by Gasteiger charge is 2.61. The van der Waals surface area contributed by atoms with Crippen LogP contribution in [0, 0.1) is 0 Å². The number of carbonyl (C=O) groups excluding carboxylic acids is 1. The molecule has 3 rings (SSSR count). The summed E-state index contributed by atoms with van der Waals surface area (Å²) in [6.07, 6.45) is 0. The van der Waals surface area contributed by atoms with Crippen LogP contribution in [0.15, 0.2) is 41.6 Å².